The first-order valence-corrected chi connectivity index (χ1v) is 4.33. The summed E-state index contributed by atoms with van der Waals surface area (Å²) in [6, 6.07) is 0. The first-order chi connectivity index (χ1) is 3.42. The van der Waals surface area contributed by atoms with Crippen LogP contribution in [-0.2, 0) is 9.09 Å². The summed E-state index contributed by atoms with van der Waals surface area (Å²) >= 11 is 0. The molecule has 0 aromatic heterocycles. The van der Waals surface area contributed by atoms with Gasteiger partial charge >= 0.3 is 7.68 Å². The Labute approximate surface area is 48.6 Å². The lowest BCUT2D eigenvalue weighted by Gasteiger charge is -2.06. The minimum Gasteiger partial charge on any atom is -0.303 e. The van der Waals surface area contributed by atoms with Gasteiger partial charge in [-0.2, -0.15) is 4.20 Å². The summed E-state index contributed by atoms with van der Waals surface area (Å²) in [5.74, 6) is 0. The van der Waals surface area contributed by atoms with Crippen LogP contribution in [0.4, 0.5) is 4.20 Å². The van der Waals surface area contributed by atoms with Crippen LogP contribution in [0.25, 0.3) is 0 Å². The third kappa shape index (κ3) is 6.12. The lowest BCUT2D eigenvalue weighted by Crippen LogP contribution is -1.96. The highest BCUT2D eigenvalue weighted by atomic mass is 31.2. The molecule has 0 aliphatic carbocycles. The van der Waals surface area contributed by atoms with Crippen molar-refractivity contribution in [1.82, 2.24) is 0 Å². The second kappa shape index (κ2) is 2.60. The highest BCUT2D eigenvalue weighted by Crippen LogP contribution is 2.44. The second-order valence-corrected chi connectivity index (χ2v) is 3.61. The van der Waals surface area contributed by atoms with Crippen molar-refractivity contribution >= 4 is 7.68 Å². The van der Waals surface area contributed by atoms with Crippen molar-refractivity contribution in [2.24, 2.45) is 0 Å². The van der Waals surface area contributed by atoms with Crippen LogP contribution in [0.1, 0.15) is 13.8 Å². The molecule has 0 spiro atoms. The summed E-state index contributed by atoms with van der Waals surface area (Å²) in [5, 5.41) is 0. The highest BCUT2D eigenvalue weighted by molar-refractivity contribution is 7.52. The fourth-order valence-corrected chi connectivity index (χ4v) is 1.13. The monoisotopic (exact) mass is 142 g/mol. The molecule has 0 radical (unpaired) electrons. The van der Waals surface area contributed by atoms with Crippen LogP contribution in [0, 0.1) is 0 Å². The van der Waals surface area contributed by atoms with Gasteiger partial charge in [0.05, 0.1) is 6.10 Å². The van der Waals surface area contributed by atoms with Crippen LogP contribution in [0.3, 0.4) is 0 Å². The number of hydrogen-bond acceptors (Lipinski definition) is 2. The van der Waals surface area contributed by atoms with Gasteiger partial charge in [-0.05, 0) is 13.8 Å². The summed E-state index contributed by atoms with van der Waals surface area (Å²) in [7, 11) is -3.72. The van der Waals surface area contributed by atoms with Crippen molar-refractivity contribution < 1.29 is 13.3 Å². The third-order valence-electron chi connectivity index (χ3n) is 0.399. The Morgan fingerprint density at radius 2 is 2.12 bits per heavy atom. The van der Waals surface area contributed by atoms with Gasteiger partial charge in [-0.25, -0.2) is 0 Å². The molecule has 0 aromatic carbocycles. The van der Waals surface area contributed by atoms with E-state index in [1.165, 1.54) is 0 Å². The van der Waals surface area contributed by atoms with E-state index in [-0.39, 0.29) is 6.10 Å². The topological polar surface area (TPSA) is 26.3 Å². The molecule has 0 aliphatic heterocycles. The largest absolute Gasteiger partial charge is 0.364 e. The van der Waals surface area contributed by atoms with Crippen LogP contribution in [-0.4, -0.2) is 12.8 Å². The van der Waals surface area contributed by atoms with Crippen molar-refractivity contribution in [2.45, 2.75) is 20.0 Å². The van der Waals surface area contributed by atoms with E-state index in [1.807, 2.05) is 0 Å². The molecule has 4 heteroatoms. The zero-order chi connectivity index (χ0) is 6.78. The lowest BCUT2D eigenvalue weighted by atomic mass is 10.5. The van der Waals surface area contributed by atoms with Crippen molar-refractivity contribution in [3.63, 3.8) is 0 Å². The number of hydrogen-bond donors (Lipinski definition) is 0. The van der Waals surface area contributed by atoms with E-state index in [1.54, 1.807) is 13.8 Å². The van der Waals surface area contributed by atoms with Gasteiger partial charge in [-0.1, -0.05) is 0 Å². The van der Waals surface area contributed by atoms with E-state index in [4.69, 9.17) is 0 Å². The van der Waals surface area contributed by atoms with E-state index in [0.29, 0.717) is 0 Å². The summed E-state index contributed by atoms with van der Waals surface area (Å²) in [6.07, 6.45) is -0.296. The van der Waals surface area contributed by atoms with Gasteiger partial charge < -0.3 is 4.52 Å². The quantitative estimate of drug-likeness (QED) is 0.552. The van der Waals surface area contributed by atoms with E-state index in [9.17, 15) is 8.76 Å². The zero-order valence-corrected chi connectivity index (χ0v) is 6.11. The molecule has 0 aliphatic rings. The Balaban J connectivity index is 3.56. The molecule has 8 heavy (non-hydrogen) atoms. The van der Waals surface area contributed by atoms with Gasteiger partial charge in [0.15, 0.2) is 0 Å². The molecule has 1 atom stereocenters. The highest BCUT2D eigenvalue weighted by Gasteiger charge is 2.13. The zero-order valence-electron chi connectivity index (χ0n) is 5.22. The number of halogens is 1. The average molecular weight is 142 g/mol. The SMILES string of the molecule is CC(C)OP([14CH3])(=O)F. The predicted octanol–water partition coefficient (Wildman–Crippen LogP) is 2.20. The first-order valence-electron chi connectivity index (χ1n) is 2.37. The predicted molar refractivity (Wildman–Crippen MR) is 30.9 cm³/mol. The average Bonchev–Trinajstić information content (AvgIpc) is 1.21. The normalized spacial score (nSPS) is 18.6. The van der Waals surface area contributed by atoms with Crippen molar-refractivity contribution in [3.8, 4) is 0 Å². The molecule has 0 bridgehead atoms. The van der Waals surface area contributed by atoms with Gasteiger partial charge in [0, 0.05) is 6.66 Å². The smallest absolute Gasteiger partial charge is 0.303 e. The molecule has 0 fully saturated rings. The van der Waals surface area contributed by atoms with E-state index in [0.717, 1.165) is 6.66 Å². The molecule has 0 rings (SSSR count). The molecule has 0 saturated heterocycles. The fraction of sp³-hybridized carbons (Fsp3) is 1.00. The van der Waals surface area contributed by atoms with E-state index >= 15 is 0 Å². The third-order valence-corrected chi connectivity index (χ3v) is 1.20. The standard InChI is InChI=1S/C4H10FO2P/c1-4(2)7-8(3,5)6/h4H,1-3H3/i3+2. The number of rotatable bonds is 2. The summed E-state index contributed by atoms with van der Waals surface area (Å²) in [6.45, 7) is 4.22. The molecule has 1 unspecified atom stereocenters. The lowest BCUT2D eigenvalue weighted by molar-refractivity contribution is 0.227. The fourth-order valence-electron chi connectivity index (χ4n) is 0.377. The van der Waals surface area contributed by atoms with Crippen LogP contribution < -0.4 is 0 Å². The molecule has 0 amide bonds. The van der Waals surface area contributed by atoms with Crippen molar-refractivity contribution in [2.75, 3.05) is 6.66 Å². The van der Waals surface area contributed by atoms with E-state index in [2.05, 4.69) is 4.52 Å². The summed E-state index contributed by atoms with van der Waals surface area (Å²) in [4.78, 5) is 0. The minimum absolute atomic E-state index is 0.296. The summed E-state index contributed by atoms with van der Waals surface area (Å²) < 4.78 is 26.4. The maximum atomic E-state index is 12.0. The molecule has 0 saturated carbocycles. The first kappa shape index (κ1) is 8.12. The minimum atomic E-state index is -3.72. The molecule has 0 heterocycles. The van der Waals surface area contributed by atoms with Gasteiger partial charge in [0.25, 0.3) is 0 Å². The van der Waals surface area contributed by atoms with Gasteiger partial charge in [-0.3, -0.25) is 4.57 Å². The van der Waals surface area contributed by atoms with Crippen LogP contribution >= 0.6 is 7.68 Å². The van der Waals surface area contributed by atoms with Gasteiger partial charge in [0.1, 0.15) is 0 Å². The van der Waals surface area contributed by atoms with Crippen LogP contribution in [0.2, 0.25) is 0 Å². The maximum absolute atomic E-state index is 12.0. The molecule has 0 N–H and O–H groups in total. The summed E-state index contributed by atoms with van der Waals surface area (Å²) in [5.41, 5.74) is 0. The van der Waals surface area contributed by atoms with Crippen LogP contribution in [0.5, 0.6) is 0 Å². The maximum Gasteiger partial charge on any atom is 0.364 e. The molecule has 0 aromatic rings. The Morgan fingerprint density at radius 3 is 2.12 bits per heavy atom. The Bertz CT molecular complexity index is 107. The Morgan fingerprint density at radius 1 is 1.75 bits per heavy atom. The molecule has 50 valence electrons. The van der Waals surface area contributed by atoms with Crippen molar-refractivity contribution in [1.29, 1.82) is 0 Å². The Kier molecular flexibility index (Phi) is 2.64. The second-order valence-electron chi connectivity index (χ2n) is 1.90. The molecule has 2 nitrogen and oxygen atoms in total. The van der Waals surface area contributed by atoms with Crippen LogP contribution in [0.15, 0.2) is 0 Å². The Hall–Kier alpha value is 0.120. The van der Waals surface area contributed by atoms with Crippen molar-refractivity contribution in [3.05, 3.63) is 0 Å². The van der Waals surface area contributed by atoms with E-state index < -0.39 is 7.68 Å². The molecular formula is C4H10FO2P. The van der Waals surface area contributed by atoms with Gasteiger partial charge in [0.2, 0.25) is 0 Å². The molecular weight excluding hydrogens is 132 g/mol. The van der Waals surface area contributed by atoms with Gasteiger partial charge in [-0.15, -0.1) is 0 Å².